The fourth-order valence-corrected chi connectivity index (χ4v) is 3.10. The predicted octanol–water partition coefficient (Wildman–Crippen LogP) is 2.80. The van der Waals surface area contributed by atoms with E-state index in [0.717, 1.165) is 5.57 Å². The Morgan fingerprint density at radius 2 is 2.04 bits per heavy atom. The molecule has 0 radical (unpaired) electrons. The summed E-state index contributed by atoms with van der Waals surface area (Å²) in [5.41, 5.74) is 1.86. The summed E-state index contributed by atoms with van der Waals surface area (Å²) >= 11 is 0. The number of fused-ring (bicyclic) bond motifs is 1. The summed E-state index contributed by atoms with van der Waals surface area (Å²) in [7, 11) is 1.30. The molecule has 0 saturated carbocycles. The van der Waals surface area contributed by atoms with Crippen molar-refractivity contribution in [3.63, 3.8) is 0 Å². The van der Waals surface area contributed by atoms with E-state index < -0.39 is 36.0 Å². The Labute approximate surface area is 153 Å². The van der Waals surface area contributed by atoms with Crippen LogP contribution in [0.5, 0.6) is 0 Å². The van der Waals surface area contributed by atoms with E-state index >= 15 is 0 Å². The summed E-state index contributed by atoms with van der Waals surface area (Å²) in [5.74, 6) is -2.19. The molecule has 1 aliphatic carbocycles. The highest BCUT2D eigenvalue weighted by Crippen LogP contribution is 2.36. The van der Waals surface area contributed by atoms with Gasteiger partial charge in [-0.25, -0.2) is 14.4 Å². The van der Waals surface area contributed by atoms with Gasteiger partial charge in [-0.05, 0) is 32.8 Å². The minimum atomic E-state index is -0.796. The molecule has 2 rings (SSSR count). The second kappa shape index (κ2) is 8.17. The molecule has 0 unspecified atom stereocenters. The number of rotatable bonds is 3. The first-order valence-corrected chi connectivity index (χ1v) is 8.45. The van der Waals surface area contributed by atoms with Gasteiger partial charge < -0.3 is 14.2 Å². The minimum absolute atomic E-state index is 0.107. The largest absolute Gasteiger partial charge is 0.466 e. The molecular weight excluding hydrogens is 336 g/mol. The summed E-state index contributed by atoms with van der Waals surface area (Å²) in [6.45, 7) is 10.9. The van der Waals surface area contributed by atoms with Crippen molar-refractivity contribution in [1.82, 2.24) is 0 Å². The smallest absolute Gasteiger partial charge is 0.334 e. The fourth-order valence-electron chi connectivity index (χ4n) is 3.10. The van der Waals surface area contributed by atoms with Crippen LogP contribution >= 0.6 is 0 Å². The predicted molar refractivity (Wildman–Crippen MR) is 94.9 cm³/mol. The first-order chi connectivity index (χ1) is 12.2. The third kappa shape index (κ3) is 4.31. The number of ether oxygens (including phenoxy) is 3. The van der Waals surface area contributed by atoms with Crippen molar-refractivity contribution in [3.05, 3.63) is 47.6 Å². The van der Waals surface area contributed by atoms with E-state index in [-0.39, 0.29) is 17.6 Å². The molecule has 140 valence electrons. The molecular formula is C20H24O6. The lowest BCUT2D eigenvalue weighted by Crippen LogP contribution is -2.34. The van der Waals surface area contributed by atoms with Crippen LogP contribution in [-0.2, 0) is 28.6 Å². The maximum Gasteiger partial charge on any atom is 0.334 e. The summed E-state index contributed by atoms with van der Waals surface area (Å²) < 4.78 is 15.8. The highest BCUT2D eigenvalue weighted by molar-refractivity contribution is 5.92. The quantitative estimate of drug-likeness (QED) is 0.333. The molecule has 1 heterocycles. The van der Waals surface area contributed by atoms with Crippen LogP contribution in [0.2, 0.25) is 0 Å². The summed E-state index contributed by atoms with van der Waals surface area (Å²) in [5, 5.41) is 0. The molecule has 1 aliphatic heterocycles. The van der Waals surface area contributed by atoms with Crippen molar-refractivity contribution < 1.29 is 28.6 Å². The average molecular weight is 360 g/mol. The van der Waals surface area contributed by atoms with Gasteiger partial charge in [-0.2, -0.15) is 0 Å². The first kappa shape index (κ1) is 19.7. The molecule has 26 heavy (non-hydrogen) atoms. The van der Waals surface area contributed by atoms with Gasteiger partial charge in [0.1, 0.15) is 12.2 Å². The number of methoxy groups -OCH3 is 1. The maximum absolute atomic E-state index is 12.1. The molecule has 2 aliphatic rings. The Kier molecular flexibility index (Phi) is 6.18. The first-order valence-electron chi connectivity index (χ1n) is 8.45. The standard InChI is InChI=1S/C20H24O6/c1-11(2)18(21)25-16-10-14(20(23)24-5)8-6-7-12(3)9-15-17(16)13(4)19(22)26-15/h8-9,15-17H,1,4,6-7,10H2,2-3,5H3/b12-9+,14-8+/t15-,16+,17-/m1/s1. The summed E-state index contributed by atoms with van der Waals surface area (Å²) in [6, 6.07) is 0. The van der Waals surface area contributed by atoms with Gasteiger partial charge in [-0.15, -0.1) is 0 Å². The number of carbonyl (C=O) groups is 3. The maximum atomic E-state index is 12.1. The normalized spacial score (nSPS) is 30.0. The Morgan fingerprint density at radius 1 is 1.35 bits per heavy atom. The van der Waals surface area contributed by atoms with Crippen LogP contribution in [0.1, 0.15) is 33.1 Å². The Bertz CT molecular complexity index is 712. The molecule has 0 amide bonds. The van der Waals surface area contributed by atoms with Gasteiger partial charge in [0, 0.05) is 23.1 Å². The van der Waals surface area contributed by atoms with Gasteiger partial charge in [-0.3, -0.25) is 0 Å². The van der Waals surface area contributed by atoms with Gasteiger partial charge in [0.25, 0.3) is 0 Å². The van der Waals surface area contributed by atoms with E-state index in [9.17, 15) is 14.4 Å². The lowest BCUT2D eigenvalue weighted by Gasteiger charge is -2.27. The highest BCUT2D eigenvalue weighted by atomic mass is 16.6. The summed E-state index contributed by atoms with van der Waals surface area (Å²) in [4.78, 5) is 36.3. The van der Waals surface area contributed by atoms with E-state index in [2.05, 4.69) is 13.2 Å². The van der Waals surface area contributed by atoms with Crippen molar-refractivity contribution in [3.8, 4) is 0 Å². The second-order valence-electron chi connectivity index (χ2n) is 6.62. The van der Waals surface area contributed by atoms with E-state index in [1.807, 2.05) is 13.0 Å². The Balaban J connectivity index is 2.46. The van der Waals surface area contributed by atoms with Gasteiger partial charge in [0.15, 0.2) is 0 Å². The van der Waals surface area contributed by atoms with Crippen LogP contribution < -0.4 is 0 Å². The minimum Gasteiger partial charge on any atom is -0.466 e. The highest BCUT2D eigenvalue weighted by Gasteiger charge is 2.45. The Morgan fingerprint density at radius 3 is 2.65 bits per heavy atom. The van der Waals surface area contributed by atoms with Gasteiger partial charge >= 0.3 is 17.9 Å². The fraction of sp³-hybridized carbons (Fsp3) is 0.450. The van der Waals surface area contributed by atoms with E-state index in [1.165, 1.54) is 14.0 Å². The van der Waals surface area contributed by atoms with Gasteiger partial charge in [0.2, 0.25) is 0 Å². The van der Waals surface area contributed by atoms with E-state index in [1.54, 1.807) is 6.08 Å². The zero-order chi connectivity index (χ0) is 19.4. The van der Waals surface area contributed by atoms with Crippen LogP contribution in [0.3, 0.4) is 0 Å². The molecule has 0 aromatic heterocycles. The van der Waals surface area contributed by atoms with Crippen molar-refractivity contribution >= 4 is 17.9 Å². The third-order valence-corrected chi connectivity index (χ3v) is 4.52. The molecule has 0 N–H and O–H groups in total. The molecule has 0 bridgehead atoms. The molecule has 1 fully saturated rings. The Hall–Kier alpha value is -2.63. The zero-order valence-corrected chi connectivity index (χ0v) is 15.4. The van der Waals surface area contributed by atoms with Crippen molar-refractivity contribution in [1.29, 1.82) is 0 Å². The van der Waals surface area contributed by atoms with Crippen molar-refractivity contribution in [2.75, 3.05) is 7.11 Å². The molecule has 6 heteroatoms. The lowest BCUT2D eigenvalue weighted by atomic mass is 9.85. The van der Waals surface area contributed by atoms with Gasteiger partial charge in [0.05, 0.1) is 13.0 Å². The second-order valence-corrected chi connectivity index (χ2v) is 6.62. The molecule has 6 nitrogen and oxygen atoms in total. The van der Waals surface area contributed by atoms with E-state index in [0.29, 0.717) is 18.4 Å². The number of hydrogen-bond acceptors (Lipinski definition) is 6. The van der Waals surface area contributed by atoms with Crippen molar-refractivity contribution in [2.45, 2.75) is 45.3 Å². The molecule has 1 saturated heterocycles. The lowest BCUT2D eigenvalue weighted by molar-refractivity contribution is -0.148. The zero-order valence-electron chi connectivity index (χ0n) is 15.4. The number of hydrogen-bond donors (Lipinski definition) is 0. The number of allylic oxidation sites excluding steroid dienone is 2. The monoisotopic (exact) mass is 360 g/mol. The van der Waals surface area contributed by atoms with Crippen LogP contribution in [0, 0.1) is 5.92 Å². The summed E-state index contributed by atoms with van der Waals surface area (Å²) in [6.07, 6.45) is 3.70. The van der Waals surface area contributed by atoms with Crippen LogP contribution in [0.4, 0.5) is 0 Å². The number of carbonyl (C=O) groups excluding carboxylic acids is 3. The molecule has 0 aromatic rings. The van der Waals surface area contributed by atoms with Crippen LogP contribution in [0.25, 0.3) is 0 Å². The van der Waals surface area contributed by atoms with Crippen LogP contribution in [-0.4, -0.2) is 37.2 Å². The average Bonchev–Trinajstić information content (AvgIpc) is 2.85. The van der Waals surface area contributed by atoms with Gasteiger partial charge in [-0.1, -0.05) is 24.8 Å². The third-order valence-electron chi connectivity index (χ3n) is 4.52. The van der Waals surface area contributed by atoms with Crippen LogP contribution in [0.15, 0.2) is 47.6 Å². The molecule has 0 aromatic carbocycles. The van der Waals surface area contributed by atoms with E-state index in [4.69, 9.17) is 14.2 Å². The number of esters is 3. The molecule has 0 spiro atoms. The SMILES string of the molecule is C=C(C)C(=O)O[C@H]1C/C(C(=O)OC)=C\CC/C(C)=C/[C@H]2OC(=O)C(=C)[C@@H]12. The van der Waals surface area contributed by atoms with Crippen molar-refractivity contribution in [2.24, 2.45) is 5.92 Å². The topological polar surface area (TPSA) is 78.9 Å². The molecule has 3 atom stereocenters.